The zero-order valence-corrected chi connectivity index (χ0v) is 73.5. The Morgan fingerprint density at radius 1 is 0.504 bits per heavy atom. The van der Waals surface area contributed by atoms with Crippen LogP contribution in [0.3, 0.4) is 0 Å². The van der Waals surface area contributed by atoms with E-state index in [1.54, 1.807) is 63.8 Å². The number of ether oxygens (including phenoxy) is 2. The summed E-state index contributed by atoms with van der Waals surface area (Å²) >= 11 is 5.93. The lowest BCUT2D eigenvalue weighted by Gasteiger charge is -2.34. The van der Waals surface area contributed by atoms with Crippen LogP contribution in [0.5, 0.6) is 17.2 Å². The Hall–Kier alpha value is -8.06. The molecule has 6 aromatic carbocycles. The molecule has 4 atom stereocenters. The number of nitrogens with zero attached hydrogens (tertiary/aromatic N) is 9. The minimum absolute atomic E-state index is 0.213. The van der Waals surface area contributed by atoms with Gasteiger partial charge in [0.25, 0.3) is 0 Å². The molecule has 115 heavy (non-hydrogen) atoms. The highest BCUT2D eigenvalue weighted by atomic mass is 35.5. The third-order valence-electron chi connectivity index (χ3n) is 21.6. The predicted molar refractivity (Wildman–Crippen MR) is 468 cm³/mol. The van der Waals surface area contributed by atoms with E-state index in [0.29, 0.717) is 64.6 Å². The number of carbonyl (C=O) groups excluding carboxylic acids is 2. The highest BCUT2D eigenvalue weighted by Gasteiger charge is 2.34. The number of halogens is 1. The van der Waals surface area contributed by atoms with Crippen LogP contribution >= 0.6 is 33.9 Å². The van der Waals surface area contributed by atoms with E-state index in [-0.39, 0.29) is 18.8 Å². The zero-order valence-electron chi connectivity index (χ0n) is 70.1. The van der Waals surface area contributed by atoms with Crippen molar-refractivity contribution in [1.29, 1.82) is 0 Å². The Labute approximate surface area is 687 Å². The molecule has 9 aromatic rings. The van der Waals surface area contributed by atoms with Crippen molar-refractivity contribution in [2.24, 2.45) is 23.7 Å². The summed E-state index contributed by atoms with van der Waals surface area (Å²) in [5.41, 5.74) is 9.89. The summed E-state index contributed by atoms with van der Waals surface area (Å²) in [6, 6.07) is 40.0. The third-order valence-corrected chi connectivity index (χ3v) is 27.4. The number of esters is 1. The Kier molecular flexibility index (Phi) is 34.3. The molecule has 0 aliphatic carbocycles. The largest absolute Gasteiger partial charge is 0.462 e. The number of piperidine rings is 4. The van der Waals surface area contributed by atoms with E-state index in [0.717, 1.165) is 161 Å². The fraction of sp³-hybridized carbons (Fsp3) is 0.506. The van der Waals surface area contributed by atoms with Crippen molar-refractivity contribution in [3.05, 3.63) is 185 Å². The monoisotopic (exact) mass is 1650 g/mol. The van der Waals surface area contributed by atoms with Gasteiger partial charge in [0, 0.05) is 93.8 Å². The van der Waals surface area contributed by atoms with E-state index in [1.165, 1.54) is 52.5 Å². The first kappa shape index (κ1) is 90.8. The van der Waals surface area contributed by atoms with E-state index >= 15 is 0 Å². The minimum atomic E-state index is -3.36. The van der Waals surface area contributed by atoms with Gasteiger partial charge in [-0.3, -0.25) is 18.5 Å². The van der Waals surface area contributed by atoms with Gasteiger partial charge in [0.05, 0.1) is 22.7 Å². The second-order valence-electron chi connectivity index (χ2n) is 32.7. The quantitative estimate of drug-likeness (QED) is 0.0305. The van der Waals surface area contributed by atoms with Gasteiger partial charge in [-0.2, -0.15) is 0 Å². The summed E-state index contributed by atoms with van der Waals surface area (Å²) in [6.45, 7) is 34.6. The molecule has 0 bridgehead atoms. The van der Waals surface area contributed by atoms with Gasteiger partial charge in [-0.25, -0.2) is 39.8 Å². The normalized spacial score (nSPS) is 17.0. The van der Waals surface area contributed by atoms with Gasteiger partial charge >= 0.3 is 19.6 Å². The van der Waals surface area contributed by atoms with Crippen molar-refractivity contribution in [3.63, 3.8) is 0 Å². The molecule has 3 N–H and O–H groups in total. The zero-order chi connectivity index (χ0) is 82.9. The summed E-state index contributed by atoms with van der Waals surface area (Å²) in [4.78, 5) is 56.9. The Bertz CT molecular complexity index is 4730. The van der Waals surface area contributed by atoms with Crippen LogP contribution in [0.25, 0.3) is 32.7 Å². The molecule has 1 amide bonds. The van der Waals surface area contributed by atoms with Crippen LogP contribution in [-0.4, -0.2) is 161 Å². The van der Waals surface area contributed by atoms with E-state index < -0.39 is 39.9 Å². The minimum Gasteiger partial charge on any atom is -0.462 e. The molecule has 22 nitrogen and oxygen atoms in total. The molecule has 4 fully saturated rings. The predicted octanol–water partition coefficient (Wildman–Crippen LogP) is 20.2. The number of likely N-dealkylation sites (tertiary alicyclic amines) is 1. The lowest BCUT2D eigenvalue weighted by atomic mass is 9.94. The number of carbonyl (C=O) groups is 2. The molecule has 3 aromatic heterocycles. The average Bonchev–Trinajstić information content (AvgIpc) is 0.794. The van der Waals surface area contributed by atoms with Crippen molar-refractivity contribution in [2.45, 2.75) is 178 Å². The van der Waals surface area contributed by atoms with Crippen LogP contribution in [0.2, 0.25) is 5.15 Å². The smallest absolute Gasteiger partial charge is 0.410 e. The molecule has 0 saturated carbocycles. The molecule has 4 aliphatic rings. The summed E-state index contributed by atoms with van der Waals surface area (Å²) in [5.74, 6) is 5.75. The van der Waals surface area contributed by atoms with Crippen LogP contribution < -0.4 is 33.8 Å². The SMILES string of the molecule is CC(C)(C)OC(=O)N1CCC(CCO)CC1.CP(=O)(CCC1CCNCC1)Oc1ccccc1.Cc1cc2ncnc(Cl)c2cc1C.Cc1cc2ncnc(N3CCC(CCP(=O)(N[C@@H](C)C(=O)OC(C)C)Oc4ccccc4)CC3)c2cc1C.Cc1cc2ncnc(N3CCC(CCP(C)(=O)Oc4ccccc4)CC3)c2cc1C. The number of benzene rings is 6. The first-order chi connectivity index (χ1) is 54.8. The molecule has 7 heterocycles. The van der Waals surface area contributed by atoms with E-state index in [2.05, 4.69) is 116 Å². The fourth-order valence-electron chi connectivity index (χ4n) is 14.5. The van der Waals surface area contributed by atoms with Crippen LogP contribution in [0.15, 0.2) is 146 Å². The molecule has 0 radical (unpaired) electrons. The standard InChI is InChI=1S/C29H39N4O4P.C24H30N3O2P.C14H22NO2P.C12H23NO3.C10H9ClN2/c1-20(2)36-29(34)23(5)32-38(35,37-25-9-7-6-8-10-25)16-13-24-11-14-33(15-12-24)28-26-17-21(3)22(4)18-27(26)30-19-31-28;1-18-15-22-23(16-19(18)2)25-17-26-24(22)27-12-9-20(10-13-27)11-14-30(3,28)29-21-7-5-4-6-8-21;1-18(16,17-14-5-3-2-4-6-14)12-9-13-7-10-15-11-8-13;1-12(2,3)16-11(15)13-7-4-10(5-8-13)6-9-14;1-6-3-8-9(4-7(6)2)12-5-13-10(8)11/h6-10,17-20,23-24H,11-16H2,1-5H3,(H,32,35);4-8,15-17,20H,9-14H2,1-3H3;2-6,13,15H,7-12H2,1H3;10,14H,4-9H2,1-3H3;3-5H,1-2H3/t23-,38?;;;;/m0..../s1. The highest BCUT2D eigenvalue weighted by Crippen LogP contribution is 2.48. The fourth-order valence-corrected chi connectivity index (χ4v) is 19.8. The van der Waals surface area contributed by atoms with Crippen molar-refractivity contribution in [1.82, 2.24) is 45.2 Å². The molecule has 0 spiro atoms. The van der Waals surface area contributed by atoms with Crippen molar-refractivity contribution < 1.29 is 51.4 Å². The van der Waals surface area contributed by atoms with E-state index in [4.69, 9.17) is 39.8 Å². The number of fused-ring (bicyclic) bond motifs is 3. The molecule has 622 valence electrons. The molecule has 4 saturated heterocycles. The van der Waals surface area contributed by atoms with Crippen molar-refractivity contribution >= 4 is 90.3 Å². The van der Waals surface area contributed by atoms with E-state index in [1.807, 2.05) is 112 Å². The first-order valence-corrected chi connectivity index (χ1v) is 47.6. The first-order valence-electron chi connectivity index (χ1n) is 40.9. The maximum Gasteiger partial charge on any atom is 0.410 e. The maximum atomic E-state index is 13.9. The summed E-state index contributed by atoms with van der Waals surface area (Å²) in [5, 5.41) is 18.8. The molecular weight excluding hydrogens is 1530 g/mol. The van der Waals surface area contributed by atoms with Gasteiger partial charge in [-0.15, -0.1) is 0 Å². The van der Waals surface area contributed by atoms with E-state index in [9.17, 15) is 23.3 Å². The number of nitrogens with one attached hydrogen (secondary N) is 2. The van der Waals surface area contributed by atoms with Crippen molar-refractivity contribution in [2.75, 3.05) is 101 Å². The van der Waals surface area contributed by atoms with Crippen LogP contribution in [-0.2, 0) is 28.0 Å². The number of aliphatic hydroxyl groups excluding tert-OH is 1. The third kappa shape index (κ3) is 29.2. The van der Waals surface area contributed by atoms with Gasteiger partial charge in [-0.05, 0) is 303 Å². The van der Waals surface area contributed by atoms with Crippen molar-refractivity contribution in [3.8, 4) is 17.2 Å². The number of rotatable bonds is 23. The molecule has 26 heteroatoms. The lowest BCUT2D eigenvalue weighted by molar-refractivity contribution is -0.149. The van der Waals surface area contributed by atoms with Crippen LogP contribution in [0, 0.1) is 65.2 Å². The summed E-state index contributed by atoms with van der Waals surface area (Å²) in [6.07, 6.45) is 18.0. The second kappa shape index (κ2) is 43.4. The number of hydrogen-bond donors (Lipinski definition) is 3. The molecular formula is C89H123ClN11O11P3. The van der Waals surface area contributed by atoms with Crippen LogP contribution in [0.1, 0.15) is 152 Å². The Morgan fingerprint density at radius 2 is 0.870 bits per heavy atom. The number of aliphatic hydroxyl groups is 1. The number of aromatic nitrogens is 6. The van der Waals surface area contributed by atoms with Gasteiger partial charge in [0.1, 0.15) is 64.7 Å². The number of hydrogen-bond acceptors (Lipinski definition) is 20. The topological polar surface area (TPSA) is 263 Å². The number of para-hydroxylation sites is 3. The Balaban J connectivity index is 0.000000174. The number of amides is 1. The second-order valence-corrected chi connectivity index (χ2v) is 40.6. The lowest BCUT2D eigenvalue weighted by Crippen LogP contribution is -2.41. The Morgan fingerprint density at radius 3 is 1.29 bits per heavy atom. The molecule has 13 rings (SSSR count). The maximum absolute atomic E-state index is 13.9. The number of anilines is 2. The molecule has 4 aliphatic heterocycles. The van der Waals surface area contributed by atoms with Gasteiger partial charge in [0.15, 0.2) is 0 Å². The average molecular weight is 1650 g/mol. The van der Waals surface area contributed by atoms with Gasteiger partial charge in [-0.1, -0.05) is 66.2 Å². The summed E-state index contributed by atoms with van der Waals surface area (Å²) < 4.78 is 67.2. The van der Waals surface area contributed by atoms with Gasteiger partial charge in [0.2, 0.25) is 14.7 Å². The summed E-state index contributed by atoms with van der Waals surface area (Å²) in [7, 11) is -8.50. The molecule has 3 unspecified atom stereocenters. The van der Waals surface area contributed by atoms with Crippen LogP contribution in [0.4, 0.5) is 16.4 Å². The highest BCUT2D eigenvalue weighted by molar-refractivity contribution is 7.59. The number of aryl methyl sites for hydroxylation is 6. The van der Waals surface area contributed by atoms with Gasteiger partial charge < -0.3 is 48.2 Å².